The monoisotopic (exact) mass is 551 g/mol. The van der Waals surface area contributed by atoms with Crippen molar-refractivity contribution in [1.29, 1.82) is 0 Å². The number of nitrogens with one attached hydrogen (secondary N) is 1. The third-order valence-electron chi connectivity index (χ3n) is 4.27. The number of phosphoric ester groups is 1. The first-order valence-electron chi connectivity index (χ1n) is 8.94. The molecule has 4 unspecified atom stereocenters. The summed E-state index contributed by atoms with van der Waals surface area (Å²) in [6.07, 6.45) is -5.20. The Morgan fingerprint density at radius 3 is 2.35 bits per heavy atom. The second-order valence-electron chi connectivity index (χ2n) is 7.04. The van der Waals surface area contributed by atoms with Gasteiger partial charge >= 0.3 is 23.5 Å². The fourth-order valence-corrected chi connectivity index (χ4v) is 5.91. The first-order chi connectivity index (χ1) is 15.5. The summed E-state index contributed by atoms with van der Waals surface area (Å²) in [5.41, 5.74) is -0.713. The van der Waals surface area contributed by atoms with Crippen molar-refractivity contribution in [3.63, 3.8) is 0 Å². The molecule has 0 spiro atoms. The molecule has 0 aromatic carbocycles. The maximum atomic E-state index is 12.2. The highest BCUT2D eigenvalue weighted by Gasteiger charge is 2.47. The quantitative estimate of drug-likeness (QED) is 0.168. The number of phosphoric acid groups is 3. The van der Waals surface area contributed by atoms with E-state index in [2.05, 4.69) is 28.1 Å². The average molecular weight is 551 g/mol. The number of hydrogen-bond donors (Lipinski definition) is 7. The van der Waals surface area contributed by atoms with Gasteiger partial charge in [0.1, 0.15) is 18.3 Å². The van der Waals surface area contributed by atoms with E-state index in [4.69, 9.17) is 19.4 Å². The number of aliphatic hydroxyl groups is 2. The molecule has 3 rings (SSSR count). The summed E-state index contributed by atoms with van der Waals surface area (Å²) in [4.78, 5) is 60.0. The van der Waals surface area contributed by atoms with E-state index in [-0.39, 0.29) is 17.1 Å². The minimum atomic E-state index is -5.73. The van der Waals surface area contributed by atoms with Gasteiger partial charge in [0, 0.05) is 14.1 Å². The van der Waals surface area contributed by atoms with Crippen molar-refractivity contribution in [3.05, 3.63) is 16.7 Å². The lowest BCUT2D eigenvalue weighted by Gasteiger charge is -2.19. The summed E-state index contributed by atoms with van der Waals surface area (Å²) in [6, 6.07) is 0. The SMILES string of the molecule is CN(C)c1nc2c(ncn2[C@@H]2O[C@H](COP(=O)(O)OP(=O)(O)OP(=O)(O)O)C(O)C2O)c(=O)[nH]1. The second kappa shape index (κ2) is 9.48. The lowest BCUT2D eigenvalue weighted by Crippen LogP contribution is -2.33. The van der Waals surface area contributed by atoms with E-state index in [1.165, 1.54) is 4.90 Å². The van der Waals surface area contributed by atoms with Crippen LogP contribution in [0.1, 0.15) is 6.23 Å². The Morgan fingerprint density at radius 2 is 1.76 bits per heavy atom. The second-order valence-corrected chi connectivity index (χ2v) is 11.5. The third-order valence-corrected chi connectivity index (χ3v) is 8.08. The Labute approximate surface area is 189 Å². The number of anilines is 1. The van der Waals surface area contributed by atoms with E-state index >= 15 is 0 Å². The van der Waals surface area contributed by atoms with Crippen LogP contribution < -0.4 is 10.5 Å². The summed E-state index contributed by atoms with van der Waals surface area (Å²) in [5.74, 6) is 0.150. The lowest BCUT2D eigenvalue weighted by atomic mass is 10.1. The molecule has 192 valence electrons. The molecule has 1 saturated heterocycles. The first kappa shape index (κ1) is 27.0. The molecule has 6 atom stereocenters. The van der Waals surface area contributed by atoms with Gasteiger partial charge in [-0.25, -0.2) is 18.7 Å². The molecule has 1 aliphatic rings. The Morgan fingerprint density at radius 1 is 1.12 bits per heavy atom. The van der Waals surface area contributed by atoms with Crippen LogP contribution in [0.4, 0.5) is 5.95 Å². The Bertz CT molecular complexity index is 1260. The molecule has 0 radical (unpaired) electrons. The van der Waals surface area contributed by atoms with Gasteiger partial charge in [-0.2, -0.15) is 13.6 Å². The van der Waals surface area contributed by atoms with Crippen LogP contribution in [0.2, 0.25) is 0 Å². The molecular formula is C12H20N5O14P3. The van der Waals surface area contributed by atoms with Gasteiger partial charge < -0.3 is 39.4 Å². The smallest absolute Gasteiger partial charge is 0.387 e. The number of aliphatic hydroxyl groups excluding tert-OH is 2. The number of fused-ring (bicyclic) bond motifs is 1. The fraction of sp³-hybridized carbons (Fsp3) is 0.583. The van der Waals surface area contributed by atoms with E-state index in [0.717, 1.165) is 10.9 Å². The van der Waals surface area contributed by atoms with Gasteiger partial charge in [-0.15, -0.1) is 0 Å². The molecule has 0 aliphatic carbocycles. The van der Waals surface area contributed by atoms with Crippen molar-refractivity contribution in [2.45, 2.75) is 24.5 Å². The van der Waals surface area contributed by atoms with Crippen molar-refractivity contribution in [2.24, 2.45) is 0 Å². The molecule has 34 heavy (non-hydrogen) atoms. The van der Waals surface area contributed by atoms with E-state index < -0.39 is 60.2 Å². The standard InChI is InChI=1S/C12H20N5O14P3/c1-16(2)12-14-9-6(10(20)15-12)13-4-17(9)11-8(19)7(18)5(29-11)3-28-33(24,25)31-34(26,27)30-32(21,22)23/h4-5,7-8,11,18-19H,3H2,1-2H3,(H,24,25)(H,26,27)(H,14,15,20)(H2,21,22,23)/t5-,7?,8?,11-/m1/s1. The zero-order chi connectivity index (χ0) is 25.6. The Kier molecular flexibility index (Phi) is 7.54. The number of ether oxygens (including phenoxy) is 1. The van der Waals surface area contributed by atoms with Crippen LogP contribution in [0.5, 0.6) is 0 Å². The largest absolute Gasteiger partial charge is 0.490 e. The number of hydrogen-bond acceptors (Lipinski definition) is 13. The number of aromatic amines is 1. The average Bonchev–Trinajstić information content (AvgIpc) is 3.19. The Balaban J connectivity index is 1.76. The zero-order valence-electron chi connectivity index (χ0n) is 17.2. The number of H-pyrrole nitrogens is 1. The molecule has 1 aliphatic heterocycles. The first-order valence-corrected chi connectivity index (χ1v) is 13.5. The molecule has 0 bridgehead atoms. The van der Waals surface area contributed by atoms with Gasteiger partial charge in [0.05, 0.1) is 12.9 Å². The molecule has 2 aromatic heterocycles. The maximum Gasteiger partial charge on any atom is 0.490 e. The fourth-order valence-electron chi connectivity index (χ4n) is 2.88. The van der Waals surface area contributed by atoms with E-state index in [0.29, 0.717) is 0 Å². The molecule has 1 fully saturated rings. The van der Waals surface area contributed by atoms with Crippen molar-refractivity contribution in [1.82, 2.24) is 19.5 Å². The van der Waals surface area contributed by atoms with Crippen LogP contribution in [0.25, 0.3) is 11.2 Å². The molecule has 7 N–H and O–H groups in total. The van der Waals surface area contributed by atoms with Gasteiger partial charge in [-0.3, -0.25) is 18.9 Å². The van der Waals surface area contributed by atoms with Gasteiger partial charge in [0.15, 0.2) is 17.4 Å². The summed E-state index contributed by atoms with van der Waals surface area (Å²) >= 11 is 0. The molecule has 3 heterocycles. The van der Waals surface area contributed by atoms with E-state index in [9.17, 15) is 33.6 Å². The van der Waals surface area contributed by atoms with Crippen molar-refractivity contribution < 1.29 is 61.4 Å². The third kappa shape index (κ3) is 6.16. The van der Waals surface area contributed by atoms with Crippen LogP contribution in [0.15, 0.2) is 11.1 Å². The highest BCUT2D eigenvalue weighted by atomic mass is 31.3. The molecular weight excluding hydrogens is 531 g/mol. The molecule has 0 saturated carbocycles. The number of imidazole rings is 1. The highest BCUT2D eigenvalue weighted by molar-refractivity contribution is 7.66. The van der Waals surface area contributed by atoms with E-state index in [1.54, 1.807) is 14.1 Å². The minimum absolute atomic E-state index is 0.0164. The number of aromatic nitrogens is 4. The minimum Gasteiger partial charge on any atom is -0.387 e. The normalized spacial score (nSPS) is 26.9. The summed E-state index contributed by atoms with van der Waals surface area (Å²) in [7, 11) is -13.6. The summed E-state index contributed by atoms with van der Waals surface area (Å²) < 4.78 is 52.1. The number of nitrogens with zero attached hydrogens (tertiary/aromatic N) is 4. The summed E-state index contributed by atoms with van der Waals surface area (Å²) in [5, 5.41) is 20.6. The summed E-state index contributed by atoms with van der Waals surface area (Å²) in [6.45, 7) is -0.998. The van der Waals surface area contributed by atoms with Crippen molar-refractivity contribution >= 4 is 40.6 Å². The molecule has 22 heteroatoms. The molecule has 0 amide bonds. The predicted octanol–water partition coefficient (Wildman–Crippen LogP) is -1.85. The topological polar surface area (TPSA) is 276 Å². The van der Waals surface area contributed by atoms with Crippen LogP contribution >= 0.6 is 23.5 Å². The van der Waals surface area contributed by atoms with Gasteiger partial charge in [0.2, 0.25) is 5.95 Å². The number of rotatable bonds is 9. The lowest BCUT2D eigenvalue weighted by molar-refractivity contribution is -0.0503. The van der Waals surface area contributed by atoms with Crippen LogP contribution in [-0.2, 0) is 31.6 Å². The predicted molar refractivity (Wildman–Crippen MR) is 108 cm³/mol. The van der Waals surface area contributed by atoms with Crippen LogP contribution in [0.3, 0.4) is 0 Å². The van der Waals surface area contributed by atoms with E-state index in [1.807, 2.05) is 0 Å². The zero-order valence-corrected chi connectivity index (χ0v) is 19.9. The van der Waals surface area contributed by atoms with Gasteiger partial charge in [0.25, 0.3) is 5.56 Å². The maximum absolute atomic E-state index is 12.2. The highest BCUT2D eigenvalue weighted by Crippen LogP contribution is 2.66. The van der Waals surface area contributed by atoms with Crippen LogP contribution in [0, 0.1) is 0 Å². The molecule has 2 aromatic rings. The Hall–Kier alpha value is -1.56. The van der Waals surface area contributed by atoms with Gasteiger partial charge in [-0.1, -0.05) is 0 Å². The van der Waals surface area contributed by atoms with Crippen LogP contribution in [-0.4, -0.2) is 88.3 Å². The van der Waals surface area contributed by atoms with Crippen molar-refractivity contribution in [3.8, 4) is 0 Å². The molecule has 19 nitrogen and oxygen atoms in total. The van der Waals surface area contributed by atoms with Crippen molar-refractivity contribution in [2.75, 3.05) is 25.6 Å². The van der Waals surface area contributed by atoms with Gasteiger partial charge in [-0.05, 0) is 0 Å².